The molecule has 0 atom stereocenters. The molecular formula is C19H18N4O3. The summed E-state index contributed by atoms with van der Waals surface area (Å²) in [6.45, 7) is 5.25. The van der Waals surface area contributed by atoms with Crippen LogP contribution in [0.5, 0.6) is 0 Å². The molecule has 3 aromatic rings. The van der Waals surface area contributed by atoms with E-state index in [-0.39, 0.29) is 18.9 Å². The first-order valence-electron chi connectivity index (χ1n) is 8.09. The van der Waals surface area contributed by atoms with E-state index in [2.05, 4.69) is 22.1 Å². The SMILES string of the molecule is C=CC(=O)OCCC(=O)Nc1ccc(C)cc1-n1nc2ccccc2n1. The lowest BCUT2D eigenvalue weighted by atomic mass is 10.2. The normalized spacial score (nSPS) is 10.5. The molecule has 0 saturated heterocycles. The molecule has 1 amide bonds. The highest BCUT2D eigenvalue weighted by molar-refractivity contribution is 5.93. The second kappa shape index (κ2) is 7.60. The van der Waals surface area contributed by atoms with Crippen molar-refractivity contribution >= 4 is 28.6 Å². The van der Waals surface area contributed by atoms with Crippen molar-refractivity contribution in [3.63, 3.8) is 0 Å². The number of amides is 1. The molecule has 0 unspecified atom stereocenters. The zero-order chi connectivity index (χ0) is 18.5. The van der Waals surface area contributed by atoms with Crippen molar-refractivity contribution in [1.29, 1.82) is 0 Å². The molecule has 1 N–H and O–H groups in total. The molecule has 132 valence electrons. The number of aryl methyl sites for hydroxylation is 1. The highest BCUT2D eigenvalue weighted by Gasteiger charge is 2.12. The topological polar surface area (TPSA) is 86.1 Å². The molecule has 1 aromatic heterocycles. The molecule has 0 aliphatic carbocycles. The molecule has 0 aliphatic rings. The van der Waals surface area contributed by atoms with Gasteiger partial charge in [0.25, 0.3) is 0 Å². The van der Waals surface area contributed by atoms with Crippen molar-refractivity contribution < 1.29 is 14.3 Å². The fraction of sp³-hybridized carbons (Fsp3) is 0.158. The Bertz CT molecular complexity index is 945. The average Bonchev–Trinajstić information content (AvgIpc) is 3.07. The van der Waals surface area contributed by atoms with E-state index in [9.17, 15) is 9.59 Å². The number of esters is 1. The van der Waals surface area contributed by atoms with Gasteiger partial charge in [0.05, 0.1) is 12.1 Å². The first-order valence-corrected chi connectivity index (χ1v) is 8.09. The smallest absolute Gasteiger partial charge is 0.330 e. The first-order chi connectivity index (χ1) is 12.6. The predicted molar refractivity (Wildman–Crippen MR) is 98.0 cm³/mol. The van der Waals surface area contributed by atoms with Gasteiger partial charge < -0.3 is 10.1 Å². The van der Waals surface area contributed by atoms with Gasteiger partial charge in [-0.3, -0.25) is 4.79 Å². The Labute approximate surface area is 150 Å². The third kappa shape index (κ3) is 3.94. The lowest BCUT2D eigenvalue weighted by Gasteiger charge is -2.11. The van der Waals surface area contributed by atoms with Crippen LogP contribution in [0.4, 0.5) is 5.69 Å². The molecule has 7 heteroatoms. The van der Waals surface area contributed by atoms with Gasteiger partial charge in [0.2, 0.25) is 5.91 Å². The van der Waals surface area contributed by atoms with Crippen LogP contribution < -0.4 is 5.32 Å². The van der Waals surface area contributed by atoms with Gasteiger partial charge in [-0.05, 0) is 36.8 Å². The van der Waals surface area contributed by atoms with E-state index in [4.69, 9.17) is 4.74 Å². The molecule has 0 bridgehead atoms. The van der Waals surface area contributed by atoms with E-state index in [0.717, 1.165) is 22.7 Å². The van der Waals surface area contributed by atoms with Crippen LogP contribution in [0.1, 0.15) is 12.0 Å². The zero-order valence-corrected chi connectivity index (χ0v) is 14.3. The molecule has 26 heavy (non-hydrogen) atoms. The van der Waals surface area contributed by atoms with Crippen molar-refractivity contribution in [3.05, 3.63) is 60.7 Å². The number of carbonyl (C=O) groups is 2. The first kappa shape index (κ1) is 17.3. The van der Waals surface area contributed by atoms with E-state index in [1.165, 1.54) is 4.80 Å². The molecule has 0 fully saturated rings. The Morgan fingerprint density at radius 3 is 2.54 bits per heavy atom. The summed E-state index contributed by atoms with van der Waals surface area (Å²) in [5.41, 5.74) is 3.79. The molecule has 3 rings (SSSR count). The number of anilines is 1. The summed E-state index contributed by atoms with van der Waals surface area (Å²) in [5.74, 6) is -0.829. The quantitative estimate of drug-likeness (QED) is 0.546. The number of ether oxygens (including phenoxy) is 1. The summed E-state index contributed by atoms with van der Waals surface area (Å²) in [6, 6.07) is 13.1. The molecule has 0 saturated carbocycles. The van der Waals surface area contributed by atoms with E-state index in [1.54, 1.807) is 6.07 Å². The van der Waals surface area contributed by atoms with Gasteiger partial charge in [0.15, 0.2) is 0 Å². The number of hydrogen-bond donors (Lipinski definition) is 1. The number of fused-ring (bicyclic) bond motifs is 1. The Balaban J connectivity index is 1.81. The van der Waals surface area contributed by atoms with E-state index < -0.39 is 5.97 Å². The second-order valence-corrected chi connectivity index (χ2v) is 5.67. The minimum atomic E-state index is -0.554. The minimum Gasteiger partial charge on any atom is -0.462 e. The highest BCUT2D eigenvalue weighted by atomic mass is 16.5. The van der Waals surface area contributed by atoms with E-state index in [0.29, 0.717) is 11.4 Å². The summed E-state index contributed by atoms with van der Waals surface area (Å²) in [4.78, 5) is 24.7. The van der Waals surface area contributed by atoms with Crippen LogP contribution >= 0.6 is 0 Å². The zero-order valence-electron chi connectivity index (χ0n) is 14.3. The Morgan fingerprint density at radius 1 is 1.19 bits per heavy atom. The van der Waals surface area contributed by atoms with Crippen LogP contribution in [0.2, 0.25) is 0 Å². The molecule has 0 radical (unpaired) electrons. The van der Waals surface area contributed by atoms with Crippen LogP contribution in [-0.2, 0) is 14.3 Å². The van der Waals surface area contributed by atoms with Crippen molar-refractivity contribution in [3.8, 4) is 5.69 Å². The third-order valence-electron chi connectivity index (χ3n) is 3.67. The van der Waals surface area contributed by atoms with Gasteiger partial charge in [-0.25, -0.2) is 4.79 Å². The number of benzene rings is 2. The lowest BCUT2D eigenvalue weighted by molar-refractivity contribution is -0.138. The molecular weight excluding hydrogens is 332 g/mol. The largest absolute Gasteiger partial charge is 0.462 e. The van der Waals surface area contributed by atoms with Crippen molar-refractivity contribution in [1.82, 2.24) is 15.0 Å². The molecule has 2 aromatic carbocycles. The van der Waals surface area contributed by atoms with Crippen LogP contribution in [0.25, 0.3) is 16.7 Å². The fourth-order valence-corrected chi connectivity index (χ4v) is 2.40. The fourth-order valence-electron chi connectivity index (χ4n) is 2.40. The predicted octanol–water partition coefficient (Wildman–Crippen LogP) is 2.79. The van der Waals surface area contributed by atoms with Gasteiger partial charge in [0.1, 0.15) is 23.3 Å². The molecule has 0 spiro atoms. The van der Waals surface area contributed by atoms with Gasteiger partial charge >= 0.3 is 5.97 Å². The van der Waals surface area contributed by atoms with Crippen molar-refractivity contribution in [2.45, 2.75) is 13.3 Å². The second-order valence-electron chi connectivity index (χ2n) is 5.67. The summed E-state index contributed by atoms with van der Waals surface area (Å²) < 4.78 is 4.83. The number of hydrogen-bond acceptors (Lipinski definition) is 5. The number of carbonyl (C=O) groups excluding carboxylic acids is 2. The van der Waals surface area contributed by atoms with Crippen LogP contribution in [-0.4, -0.2) is 33.5 Å². The summed E-state index contributed by atoms with van der Waals surface area (Å²) in [5, 5.41) is 11.7. The third-order valence-corrected chi connectivity index (χ3v) is 3.67. The van der Waals surface area contributed by atoms with Crippen LogP contribution in [0, 0.1) is 6.92 Å². The molecule has 1 heterocycles. The van der Waals surface area contributed by atoms with Gasteiger partial charge in [-0.1, -0.05) is 24.8 Å². The number of nitrogens with zero attached hydrogens (tertiary/aromatic N) is 3. The summed E-state index contributed by atoms with van der Waals surface area (Å²) in [6.07, 6.45) is 1.10. The van der Waals surface area contributed by atoms with Gasteiger partial charge in [0, 0.05) is 6.08 Å². The Kier molecular flexibility index (Phi) is 5.07. The lowest BCUT2D eigenvalue weighted by Crippen LogP contribution is -2.17. The van der Waals surface area contributed by atoms with E-state index >= 15 is 0 Å². The highest BCUT2D eigenvalue weighted by Crippen LogP contribution is 2.22. The standard InChI is InChI=1S/C19H18N4O3/c1-3-19(25)26-11-10-18(24)20-16-9-8-13(2)12-17(16)23-21-14-6-4-5-7-15(14)22-23/h3-9,12H,1,10-11H2,2H3,(H,20,24). The Morgan fingerprint density at radius 2 is 1.88 bits per heavy atom. The van der Waals surface area contributed by atoms with Gasteiger partial charge in [-0.15, -0.1) is 15.0 Å². The number of rotatable bonds is 6. The minimum absolute atomic E-state index is 0.0121. The van der Waals surface area contributed by atoms with Gasteiger partial charge in [-0.2, -0.15) is 0 Å². The Hall–Kier alpha value is -3.48. The monoisotopic (exact) mass is 350 g/mol. The number of nitrogens with one attached hydrogen (secondary N) is 1. The average molecular weight is 350 g/mol. The number of aromatic nitrogens is 3. The van der Waals surface area contributed by atoms with Crippen LogP contribution in [0.3, 0.4) is 0 Å². The van der Waals surface area contributed by atoms with E-state index in [1.807, 2.05) is 43.3 Å². The molecule has 7 nitrogen and oxygen atoms in total. The summed E-state index contributed by atoms with van der Waals surface area (Å²) in [7, 11) is 0. The maximum Gasteiger partial charge on any atom is 0.330 e. The van der Waals surface area contributed by atoms with Crippen molar-refractivity contribution in [2.75, 3.05) is 11.9 Å². The van der Waals surface area contributed by atoms with Crippen molar-refractivity contribution in [2.24, 2.45) is 0 Å². The molecule has 0 aliphatic heterocycles. The van der Waals surface area contributed by atoms with Crippen LogP contribution in [0.15, 0.2) is 55.1 Å². The maximum absolute atomic E-state index is 12.1. The maximum atomic E-state index is 12.1. The summed E-state index contributed by atoms with van der Waals surface area (Å²) >= 11 is 0.